The van der Waals surface area contributed by atoms with E-state index in [9.17, 15) is 9.50 Å². The van der Waals surface area contributed by atoms with Gasteiger partial charge in [0, 0.05) is 17.3 Å². The molecule has 0 bridgehead atoms. The van der Waals surface area contributed by atoms with Crippen LogP contribution in [0.25, 0.3) is 5.70 Å². The molecule has 0 amide bonds. The minimum Gasteiger partial charge on any atom is -0.507 e. The Morgan fingerprint density at radius 1 is 1.31 bits per heavy atom. The van der Waals surface area contributed by atoms with Gasteiger partial charge in [-0.25, -0.2) is 4.39 Å². The van der Waals surface area contributed by atoms with E-state index in [1.807, 2.05) is 0 Å². The molecule has 0 atom stereocenters. The van der Waals surface area contributed by atoms with Gasteiger partial charge < -0.3 is 16.2 Å². The van der Waals surface area contributed by atoms with E-state index in [2.05, 4.69) is 5.32 Å². The van der Waals surface area contributed by atoms with Crippen molar-refractivity contribution in [2.45, 2.75) is 12.8 Å². The van der Waals surface area contributed by atoms with Crippen molar-refractivity contribution in [2.24, 2.45) is 5.73 Å². The van der Waals surface area contributed by atoms with Gasteiger partial charge >= 0.3 is 0 Å². The summed E-state index contributed by atoms with van der Waals surface area (Å²) in [5.74, 6) is -0.548. The van der Waals surface area contributed by atoms with Crippen molar-refractivity contribution in [3.05, 3.63) is 35.2 Å². The van der Waals surface area contributed by atoms with E-state index in [0.717, 1.165) is 37.6 Å². The molecule has 0 unspecified atom stereocenters. The van der Waals surface area contributed by atoms with Crippen LogP contribution in [0.2, 0.25) is 0 Å². The maximum absolute atomic E-state index is 12.8. The summed E-state index contributed by atoms with van der Waals surface area (Å²) in [6.07, 6.45) is 1.76. The smallest absolute Gasteiger partial charge is 0.127 e. The number of nitrogens with two attached hydrogens (primary N) is 1. The number of piperidine rings is 1. The minimum absolute atomic E-state index is 0.0940. The van der Waals surface area contributed by atoms with Crippen LogP contribution < -0.4 is 11.1 Å². The molecule has 1 aromatic carbocycles. The van der Waals surface area contributed by atoms with E-state index in [0.29, 0.717) is 11.3 Å². The lowest BCUT2D eigenvalue weighted by atomic mass is 9.98. The number of benzene rings is 1. The number of nitrogens with one attached hydrogen (secondary N) is 1. The molecular formula is C12H15FN2O. The molecule has 3 nitrogen and oxygen atoms in total. The average molecular weight is 222 g/mol. The molecule has 1 aliphatic heterocycles. The quantitative estimate of drug-likeness (QED) is 0.676. The topological polar surface area (TPSA) is 58.3 Å². The highest BCUT2D eigenvalue weighted by Crippen LogP contribution is 2.27. The first-order chi connectivity index (χ1) is 7.68. The van der Waals surface area contributed by atoms with Crippen LogP contribution in [0.3, 0.4) is 0 Å². The second kappa shape index (κ2) is 4.53. The van der Waals surface area contributed by atoms with E-state index < -0.39 is 5.82 Å². The third kappa shape index (κ3) is 2.17. The molecule has 1 fully saturated rings. The van der Waals surface area contributed by atoms with Crippen molar-refractivity contribution in [3.8, 4) is 5.75 Å². The van der Waals surface area contributed by atoms with Crippen LogP contribution in [0.15, 0.2) is 23.8 Å². The van der Waals surface area contributed by atoms with Crippen LogP contribution >= 0.6 is 0 Å². The second-order valence-electron chi connectivity index (χ2n) is 3.93. The molecule has 16 heavy (non-hydrogen) atoms. The van der Waals surface area contributed by atoms with E-state index >= 15 is 0 Å². The Labute approximate surface area is 93.8 Å². The molecule has 1 aromatic rings. The fourth-order valence-corrected chi connectivity index (χ4v) is 1.92. The Kier molecular flexibility index (Phi) is 3.10. The third-order valence-electron chi connectivity index (χ3n) is 2.84. The first-order valence-electron chi connectivity index (χ1n) is 5.35. The van der Waals surface area contributed by atoms with Crippen LogP contribution in [0, 0.1) is 5.82 Å². The molecule has 2 rings (SSSR count). The zero-order chi connectivity index (χ0) is 11.5. The molecule has 4 heteroatoms. The van der Waals surface area contributed by atoms with Gasteiger partial charge in [0.05, 0.1) is 0 Å². The molecule has 0 aliphatic carbocycles. The average Bonchev–Trinajstić information content (AvgIpc) is 2.29. The van der Waals surface area contributed by atoms with Crippen molar-refractivity contribution >= 4 is 5.70 Å². The fraction of sp³-hybridized carbons (Fsp3) is 0.333. The number of phenols is 1. The Hall–Kier alpha value is -1.55. The summed E-state index contributed by atoms with van der Waals surface area (Å²) in [7, 11) is 0. The maximum Gasteiger partial charge on any atom is 0.127 e. The Balaban J connectivity index is 2.35. The predicted molar refractivity (Wildman–Crippen MR) is 61.3 cm³/mol. The van der Waals surface area contributed by atoms with Crippen LogP contribution in [-0.2, 0) is 0 Å². The summed E-state index contributed by atoms with van der Waals surface area (Å²) in [6.45, 7) is 1.80. The standard InChI is InChI=1S/C12H15FN2O/c13-9-1-2-10(11(16)7-9)12(14)8-3-5-15-6-4-8/h1-2,7,15-16H,3-6,14H2. The summed E-state index contributed by atoms with van der Waals surface area (Å²) in [6, 6.07) is 3.92. The molecule has 1 aliphatic rings. The lowest BCUT2D eigenvalue weighted by Crippen LogP contribution is -2.24. The number of rotatable bonds is 1. The largest absolute Gasteiger partial charge is 0.507 e. The highest BCUT2D eigenvalue weighted by Gasteiger charge is 2.13. The number of hydrogen-bond donors (Lipinski definition) is 3. The molecule has 0 aromatic heterocycles. The maximum atomic E-state index is 12.8. The normalized spacial score (nSPS) is 16.2. The Bertz CT molecular complexity index is 421. The van der Waals surface area contributed by atoms with Crippen molar-refractivity contribution in [1.29, 1.82) is 0 Å². The van der Waals surface area contributed by atoms with Gasteiger partial charge in [0.15, 0.2) is 0 Å². The zero-order valence-corrected chi connectivity index (χ0v) is 8.96. The number of phenolic OH excluding ortho intramolecular Hbond substituents is 1. The number of halogens is 1. The van der Waals surface area contributed by atoms with Gasteiger partial charge in [0.1, 0.15) is 11.6 Å². The van der Waals surface area contributed by atoms with E-state index in [1.54, 1.807) is 0 Å². The summed E-state index contributed by atoms with van der Waals surface area (Å²) < 4.78 is 12.8. The first kappa shape index (κ1) is 11.0. The van der Waals surface area contributed by atoms with Gasteiger partial charge in [-0.2, -0.15) is 0 Å². The highest BCUT2D eigenvalue weighted by atomic mass is 19.1. The van der Waals surface area contributed by atoms with Crippen molar-refractivity contribution in [2.75, 3.05) is 13.1 Å². The van der Waals surface area contributed by atoms with Gasteiger partial charge in [-0.3, -0.25) is 0 Å². The van der Waals surface area contributed by atoms with E-state index in [-0.39, 0.29) is 5.75 Å². The van der Waals surface area contributed by atoms with Gasteiger partial charge in [-0.15, -0.1) is 0 Å². The van der Waals surface area contributed by atoms with E-state index in [1.165, 1.54) is 12.1 Å². The van der Waals surface area contributed by atoms with Crippen molar-refractivity contribution < 1.29 is 9.50 Å². The van der Waals surface area contributed by atoms with Gasteiger partial charge in [0.2, 0.25) is 0 Å². The van der Waals surface area contributed by atoms with Gasteiger partial charge in [-0.1, -0.05) is 0 Å². The highest BCUT2D eigenvalue weighted by molar-refractivity contribution is 5.70. The zero-order valence-electron chi connectivity index (χ0n) is 8.96. The molecule has 86 valence electrons. The summed E-state index contributed by atoms with van der Waals surface area (Å²) in [5.41, 5.74) is 8.22. The van der Waals surface area contributed by atoms with Crippen LogP contribution in [0.4, 0.5) is 4.39 Å². The van der Waals surface area contributed by atoms with Crippen LogP contribution in [0.1, 0.15) is 18.4 Å². The Morgan fingerprint density at radius 2 is 2.00 bits per heavy atom. The minimum atomic E-state index is -0.454. The molecule has 1 heterocycles. The molecule has 1 saturated heterocycles. The van der Waals surface area contributed by atoms with Crippen molar-refractivity contribution in [3.63, 3.8) is 0 Å². The van der Waals surface area contributed by atoms with Gasteiger partial charge in [-0.05, 0) is 43.6 Å². The van der Waals surface area contributed by atoms with E-state index in [4.69, 9.17) is 5.73 Å². The molecular weight excluding hydrogens is 207 g/mol. The molecule has 0 spiro atoms. The lowest BCUT2D eigenvalue weighted by Gasteiger charge is -2.18. The lowest BCUT2D eigenvalue weighted by molar-refractivity contribution is 0.467. The monoisotopic (exact) mass is 222 g/mol. The first-order valence-corrected chi connectivity index (χ1v) is 5.35. The van der Waals surface area contributed by atoms with Crippen molar-refractivity contribution in [1.82, 2.24) is 5.32 Å². The van der Waals surface area contributed by atoms with Crippen LogP contribution in [0.5, 0.6) is 5.75 Å². The molecule has 4 N–H and O–H groups in total. The summed E-state index contributed by atoms with van der Waals surface area (Å²) in [4.78, 5) is 0. The van der Waals surface area contributed by atoms with Crippen LogP contribution in [-0.4, -0.2) is 18.2 Å². The predicted octanol–water partition coefficient (Wildman–Crippen LogP) is 1.58. The Morgan fingerprint density at radius 3 is 2.62 bits per heavy atom. The number of hydrogen-bond acceptors (Lipinski definition) is 3. The fourth-order valence-electron chi connectivity index (χ4n) is 1.92. The molecule has 0 radical (unpaired) electrons. The number of aromatic hydroxyl groups is 1. The summed E-state index contributed by atoms with van der Waals surface area (Å²) >= 11 is 0. The molecule has 0 saturated carbocycles. The third-order valence-corrected chi connectivity index (χ3v) is 2.84. The van der Waals surface area contributed by atoms with Gasteiger partial charge in [0.25, 0.3) is 0 Å². The second-order valence-corrected chi connectivity index (χ2v) is 3.93. The SMILES string of the molecule is NC(=C1CCNCC1)c1ccc(F)cc1O. The summed E-state index contributed by atoms with van der Waals surface area (Å²) in [5, 5.41) is 12.9.